The molecule has 26 heavy (non-hydrogen) atoms. The normalized spacial score (nSPS) is 11.2. The molecule has 1 heterocycles. The van der Waals surface area contributed by atoms with Gasteiger partial charge >= 0.3 is 0 Å². The minimum Gasteiger partial charge on any atom is -0.321 e. The molecule has 9 heteroatoms. The SMILES string of the molecule is O=C(Nc1cccc(S(=O)(=O)Nc2ccc(Cl)cc2)c1)c1ccc(Cl)s1. The highest BCUT2D eigenvalue weighted by Gasteiger charge is 2.16. The van der Waals surface area contributed by atoms with Crippen molar-refractivity contribution in [3.8, 4) is 0 Å². The molecular formula is C17H12Cl2N2O3S2. The van der Waals surface area contributed by atoms with E-state index in [1.165, 1.54) is 12.1 Å². The van der Waals surface area contributed by atoms with E-state index in [-0.39, 0.29) is 10.8 Å². The number of thiophene rings is 1. The number of hydrogen-bond donors (Lipinski definition) is 2. The van der Waals surface area contributed by atoms with Gasteiger partial charge in [-0.05, 0) is 54.6 Å². The Balaban J connectivity index is 1.79. The predicted molar refractivity (Wildman–Crippen MR) is 106 cm³/mol. The molecule has 1 amide bonds. The molecule has 2 N–H and O–H groups in total. The topological polar surface area (TPSA) is 75.3 Å². The number of hydrogen-bond acceptors (Lipinski definition) is 4. The Hall–Kier alpha value is -2.06. The predicted octanol–water partition coefficient (Wildman–Crippen LogP) is 5.11. The van der Waals surface area contributed by atoms with E-state index in [0.717, 1.165) is 11.3 Å². The quantitative estimate of drug-likeness (QED) is 0.594. The summed E-state index contributed by atoms with van der Waals surface area (Å²) in [7, 11) is -3.81. The Morgan fingerprint density at radius 3 is 2.31 bits per heavy atom. The number of anilines is 2. The first kappa shape index (κ1) is 18.7. The van der Waals surface area contributed by atoms with Crippen molar-refractivity contribution in [3.63, 3.8) is 0 Å². The molecule has 0 bridgehead atoms. The molecule has 0 aliphatic rings. The fourth-order valence-electron chi connectivity index (χ4n) is 2.10. The van der Waals surface area contributed by atoms with Crippen molar-refractivity contribution < 1.29 is 13.2 Å². The molecule has 0 saturated carbocycles. The molecule has 2 aromatic carbocycles. The molecule has 0 saturated heterocycles. The van der Waals surface area contributed by atoms with Crippen LogP contribution in [0.15, 0.2) is 65.6 Å². The fraction of sp³-hybridized carbons (Fsp3) is 0. The third-order valence-corrected chi connectivity index (χ3v) is 6.16. The van der Waals surface area contributed by atoms with Crippen molar-refractivity contribution >= 4 is 61.8 Å². The molecule has 3 rings (SSSR count). The van der Waals surface area contributed by atoms with E-state index in [0.29, 0.717) is 25.6 Å². The molecule has 0 unspecified atom stereocenters. The summed E-state index contributed by atoms with van der Waals surface area (Å²) in [5, 5.41) is 3.16. The first-order chi connectivity index (χ1) is 12.3. The number of sulfonamides is 1. The van der Waals surface area contributed by atoms with Crippen LogP contribution < -0.4 is 10.0 Å². The van der Waals surface area contributed by atoms with Gasteiger partial charge in [0.25, 0.3) is 15.9 Å². The molecule has 0 aliphatic carbocycles. The summed E-state index contributed by atoms with van der Waals surface area (Å²) in [5.41, 5.74) is 0.746. The summed E-state index contributed by atoms with van der Waals surface area (Å²) in [5.74, 6) is -0.359. The van der Waals surface area contributed by atoms with Crippen molar-refractivity contribution in [2.24, 2.45) is 0 Å². The maximum atomic E-state index is 12.5. The number of amides is 1. The van der Waals surface area contributed by atoms with Gasteiger partial charge in [0, 0.05) is 16.4 Å². The van der Waals surface area contributed by atoms with Crippen LogP contribution >= 0.6 is 34.5 Å². The van der Waals surface area contributed by atoms with Gasteiger partial charge < -0.3 is 5.32 Å². The van der Waals surface area contributed by atoms with E-state index >= 15 is 0 Å². The second-order valence-electron chi connectivity index (χ2n) is 5.20. The van der Waals surface area contributed by atoms with Gasteiger partial charge in [-0.2, -0.15) is 0 Å². The molecule has 134 valence electrons. The van der Waals surface area contributed by atoms with Crippen LogP contribution in [0.1, 0.15) is 9.67 Å². The van der Waals surface area contributed by atoms with E-state index in [2.05, 4.69) is 10.0 Å². The number of benzene rings is 2. The third kappa shape index (κ3) is 4.56. The van der Waals surface area contributed by atoms with Crippen LogP contribution in [-0.4, -0.2) is 14.3 Å². The zero-order chi connectivity index (χ0) is 18.7. The van der Waals surface area contributed by atoms with E-state index in [1.807, 2.05) is 0 Å². The number of carbonyl (C=O) groups is 1. The smallest absolute Gasteiger partial charge is 0.265 e. The maximum absolute atomic E-state index is 12.5. The van der Waals surface area contributed by atoms with Gasteiger partial charge in [-0.3, -0.25) is 9.52 Å². The van der Waals surface area contributed by atoms with Gasteiger partial charge in [0.2, 0.25) is 0 Å². The second kappa shape index (κ2) is 7.67. The van der Waals surface area contributed by atoms with Crippen molar-refractivity contribution in [1.82, 2.24) is 0 Å². The van der Waals surface area contributed by atoms with Gasteiger partial charge in [-0.15, -0.1) is 11.3 Å². The molecular weight excluding hydrogens is 415 g/mol. The third-order valence-electron chi connectivity index (χ3n) is 3.30. The number of rotatable bonds is 5. The molecule has 1 aromatic heterocycles. The van der Waals surface area contributed by atoms with Gasteiger partial charge in [0.05, 0.1) is 14.1 Å². The minimum atomic E-state index is -3.81. The highest BCUT2D eigenvalue weighted by molar-refractivity contribution is 7.92. The van der Waals surface area contributed by atoms with Crippen LogP contribution in [0.2, 0.25) is 9.36 Å². The summed E-state index contributed by atoms with van der Waals surface area (Å²) < 4.78 is 28.0. The first-order valence-electron chi connectivity index (χ1n) is 7.29. The van der Waals surface area contributed by atoms with Crippen molar-refractivity contribution in [2.45, 2.75) is 4.90 Å². The fourth-order valence-corrected chi connectivity index (χ4v) is 4.27. The van der Waals surface area contributed by atoms with Crippen molar-refractivity contribution in [1.29, 1.82) is 0 Å². The largest absolute Gasteiger partial charge is 0.321 e. The van der Waals surface area contributed by atoms with Crippen molar-refractivity contribution in [3.05, 3.63) is 74.9 Å². The summed E-state index contributed by atoms with van der Waals surface area (Å²) in [6, 6.07) is 15.5. The number of nitrogens with one attached hydrogen (secondary N) is 2. The summed E-state index contributed by atoms with van der Waals surface area (Å²) >= 11 is 12.8. The highest BCUT2D eigenvalue weighted by atomic mass is 35.5. The van der Waals surface area contributed by atoms with Gasteiger partial charge in [0.15, 0.2) is 0 Å². The first-order valence-corrected chi connectivity index (χ1v) is 10.3. The average Bonchev–Trinajstić information content (AvgIpc) is 3.04. The molecule has 0 aliphatic heterocycles. The Morgan fingerprint density at radius 2 is 1.65 bits per heavy atom. The molecule has 0 spiro atoms. The standard InChI is InChI=1S/C17H12Cl2N2O3S2/c18-11-4-6-12(7-5-11)21-26(23,24)14-3-1-2-13(10-14)20-17(22)15-8-9-16(19)25-15/h1-10,21H,(H,20,22). The lowest BCUT2D eigenvalue weighted by molar-refractivity contribution is 0.103. The van der Waals surface area contributed by atoms with Gasteiger partial charge in [0.1, 0.15) is 0 Å². The lowest BCUT2D eigenvalue weighted by Gasteiger charge is -2.10. The molecule has 5 nitrogen and oxygen atoms in total. The Bertz CT molecular complexity index is 1050. The van der Waals surface area contributed by atoms with Crippen LogP contribution in [-0.2, 0) is 10.0 Å². The average molecular weight is 427 g/mol. The van der Waals surface area contributed by atoms with E-state index < -0.39 is 10.0 Å². The van der Waals surface area contributed by atoms with Crippen molar-refractivity contribution in [2.75, 3.05) is 10.0 Å². The Labute approximate surface area is 164 Å². The zero-order valence-electron chi connectivity index (χ0n) is 13.1. The van der Waals surface area contributed by atoms with E-state index in [1.54, 1.807) is 48.5 Å². The molecule has 0 fully saturated rings. The van der Waals surface area contributed by atoms with Crippen LogP contribution in [0.4, 0.5) is 11.4 Å². The summed E-state index contributed by atoms with van der Waals surface area (Å²) in [6.07, 6.45) is 0. The molecule has 0 radical (unpaired) electrons. The Kier molecular flexibility index (Phi) is 5.52. The summed E-state index contributed by atoms with van der Waals surface area (Å²) in [4.78, 5) is 12.6. The van der Waals surface area contributed by atoms with E-state index in [9.17, 15) is 13.2 Å². The van der Waals surface area contributed by atoms with Crippen LogP contribution in [0.3, 0.4) is 0 Å². The highest BCUT2D eigenvalue weighted by Crippen LogP contribution is 2.24. The lowest BCUT2D eigenvalue weighted by Crippen LogP contribution is -2.14. The maximum Gasteiger partial charge on any atom is 0.265 e. The number of carbonyl (C=O) groups excluding carboxylic acids is 1. The zero-order valence-corrected chi connectivity index (χ0v) is 16.2. The second-order valence-corrected chi connectivity index (χ2v) is 9.03. The molecule has 3 aromatic rings. The van der Waals surface area contributed by atoms with Gasteiger partial charge in [-0.25, -0.2) is 8.42 Å². The lowest BCUT2D eigenvalue weighted by atomic mass is 10.3. The number of halogens is 2. The van der Waals surface area contributed by atoms with Gasteiger partial charge in [-0.1, -0.05) is 29.3 Å². The molecule has 0 atom stereocenters. The van der Waals surface area contributed by atoms with Crippen LogP contribution in [0, 0.1) is 0 Å². The van der Waals surface area contributed by atoms with Crippen LogP contribution in [0.25, 0.3) is 0 Å². The monoisotopic (exact) mass is 426 g/mol. The Morgan fingerprint density at radius 1 is 0.923 bits per heavy atom. The van der Waals surface area contributed by atoms with Crippen LogP contribution in [0.5, 0.6) is 0 Å². The minimum absolute atomic E-state index is 0.0226. The summed E-state index contributed by atoms with van der Waals surface area (Å²) in [6.45, 7) is 0. The van der Waals surface area contributed by atoms with E-state index in [4.69, 9.17) is 23.2 Å².